The van der Waals surface area contributed by atoms with Crippen molar-refractivity contribution in [1.29, 1.82) is 0 Å². The number of nitrogens with two attached hydrogens (primary N) is 1. The van der Waals surface area contributed by atoms with Gasteiger partial charge in [0, 0.05) is 18.8 Å². The highest BCUT2D eigenvalue weighted by Crippen LogP contribution is 2.11. The molecule has 1 aromatic rings. The van der Waals surface area contributed by atoms with Gasteiger partial charge in [-0.25, -0.2) is 4.79 Å². The Morgan fingerprint density at radius 2 is 1.84 bits per heavy atom. The first-order valence-corrected chi connectivity index (χ1v) is 6.64. The Kier molecular flexibility index (Phi) is 5.21. The molecule has 0 aliphatic heterocycles. The maximum atomic E-state index is 11.9. The SMILES string of the molecule is CCN(CCc1ccc(N)cc1)C(=O)OC(C)(C)C. The minimum Gasteiger partial charge on any atom is -0.444 e. The van der Waals surface area contributed by atoms with Gasteiger partial charge in [-0.05, 0) is 51.8 Å². The van der Waals surface area contributed by atoms with Crippen molar-refractivity contribution in [3.63, 3.8) is 0 Å². The van der Waals surface area contributed by atoms with Crippen LogP contribution in [-0.4, -0.2) is 29.7 Å². The topological polar surface area (TPSA) is 55.6 Å². The summed E-state index contributed by atoms with van der Waals surface area (Å²) in [6.45, 7) is 8.86. The maximum Gasteiger partial charge on any atom is 0.410 e. The monoisotopic (exact) mass is 264 g/mol. The summed E-state index contributed by atoms with van der Waals surface area (Å²) in [5, 5.41) is 0. The highest BCUT2D eigenvalue weighted by atomic mass is 16.6. The second-order valence-corrected chi connectivity index (χ2v) is 5.55. The molecule has 0 bridgehead atoms. The zero-order valence-electron chi connectivity index (χ0n) is 12.3. The van der Waals surface area contributed by atoms with E-state index < -0.39 is 5.60 Å². The number of nitrogen functional groups attached to an aromatic ring is 1. The summed E-state index contributed by atoms with van der Waals surface area (Å²) < 4.78 is 5.37. The predicted octanol–water partition coefficient (Wildman–Crippen LogP) is 3.07. The fourth-order valence-electron chi connectivity index (χ4n) is 1.65. The Morgan fingerprint density at radius 3 is 2.32 bits per heavy atom. The largest absolute Gasteiger partial charge is 0.444 e. The third kappa shape index (κ3) is 5.64. The molecule has 1 amide bonds. The van der Waals surface area contributed by atoms with Gasteiger partial charge in [-0.15, -0.1) is 0 Å². The molecule has 4 heteroatoms. The lowest BCUT2D eigenvalue weighted by molar-refractivity contribution is 0.0262. The number of rotatable bonds is 4. The molecule has 0 saturated heterocycles. The van der Waals surface area contributed by atoms with E-state index in [0.717, 1.165) is 17.7 Å². The van der Waals surface area contributed by atoms with Crippen LogP contribution in [0.4, 0.5) is 10.5 Å². The van der Waals surface area contributed by atoms with E-state index in [4.69, 9.17) is 10.5 Å². The van der Waals surface area contributed by atoms with Crippen molar-refractivity contribution >= 4 is 11.8 Å². The molecule has 0 aromatic heterocycles. The van der Waals surface area contributed by atoms with Crippen molar-refractivity contribution in [2.45, 2.75) is 39.7 Å². The van der Waals surface area contributed by atoms with Gasteiger partial charge in [0.05, 0.1) is 0 Å². The zero-order valence-corrected chi connectivity index (χ0v) is 12.3. The molecule has 1 aromatic carbocycles. The van der Waals surface area contributed by atoms with Crippen LogP contribution in [-0.2, 0) is 11.2 Å². The summed E-state index contributed by atoms with van der Waals surface area (Å²) in [6, 6.07) is 7.72. The molecule has 0 aliphatic rings. The molecule has 0 saturated carbocycles. The van der Waals surface area contributed by atoms with Crippen molar-refractivity contribution in [2.24, 2.45) is 0 Å². The van der Waals surface area contributed by atoms with Gasteiger partial charge in [-0.2, -0.15) is 0 Å². The molecular weight excluding hydrogens is 240 g/mol. The van der Waals surface area contributed by atoms with Gasteiger partial charge in [0.2, 0.25) is 0 Å². The lowest BCUT2D eigenvalue weighted by Crippen LogP contribution is -2.37. The second-order valence-electron chi connectivity index (χ2n) is 5.55. The number of ether oxygens (including phenoxy) is 1. The molecule has 19 heavy (non-hydrogen) atoms. The number of carbonyl (C=O) groups excluding carboxylic acids is 1. The molecule has 106 valence electrons. The molecule has 0 unspecified atom stereocenters. The Balaban J connectivity index is 2.53. The van der Waals surface area contributed by atoms with E-state index in [1.807, 2.05) is 52.0 Å². The van der Waals surface area contributed by atoms with Gasteiger partial charge >= 0.3 is 6.09 Å². The minimum atomic E-state index is -0.453. The van der Waals surface area contributed by atoms with E-state index in [0.29, 0.717) is 13.1 Å². The maximum absolute atomic E-state index is 11.9. The molecule has 0 atom stereocenters. The van der Waals surface area contributed by atoms with E-state index in [1.165, 1.54) is 0 Å². The Morgan fingerprint density at radius 1 is 1.26 bits per heavy atom. The van der Waals surface area contributed by atoms with Crippen molar-refractivity contribution < 1.29 is 9.53 Å². The summed E-state index contributed by atoms with van der Waals surface area (Å²) in [5.41, 5.74) is 7.11. The number of hydrogen-bond acceptors (Lipinski definition) is 3. The van der Waals surface area contributed by atoms with Crippen LogP contribution in [0.2, 0.25) is 0 Å². The molecule has 1 rings (SSSR count). The first kappa shape index (κ1) is 15.3. The number of anilines is 1. The number of carbonyl (C=O) groups is 1. The van der Waals surface area contributed by atoms with Crippen LogP contribution in [0.5, 0.6) is 0 Å². The minimum absolute atomic E-state index is 0.259. The molecule has 0 radical (unpaired) electrons. The standard InChI is InChI=1S/C15H24N2O2/c1-5-17(14(18)19-15(2,3)4)11-10-12-6-8-13(16)9-7-12/h6-9H,5,10-11,16H2,1-4H3. The van der Waals surface area contributed by atoms with Gasteiger partial charge in [-0.3, -0.25) is 0 Å². The average molecular weight is 264 g/mol. The second kappa shape index (κ2) is 6.45. The summed E-state index contributed by atoms with van der Waals surface area (Å²) >= 11 is 0. The van der Waals surface area contributed by atoms with Gasteiger partial charge < -0.3 is 15.4 Å². The van der Waals surface area contributed by atoms with Gasteiger partial charge in [0.15, 0.2) is 0 Å². The summed E-state index contributed by atoms with van der Waals surface area (Å²) in [4.78, 5) is 13.7. The third-order valence-electron chi connectivity index (χ3n) is 2.68. The first-order chi connectivity index (χ1) is 8.81. The Labute approximate surface area is 115 Å². The quantitative estimate of drug-likeness (QED) is 0.850. The first-order valence-electron chi connectivity index (χ1n) is 6.64. The summed E-state index contributed by atoms with van der Waals surface area (Å²) in [6.07, 6.45) is 0.540. The van der Waals surface area contributed by atoms with Crippen LogP contribution in [0.15, 0.2) is 24.3 Å². The number of hydrogen-bond donors (Lipinski definition) is 1. The van der Waals surface area contributed by atoms with Gasteiger partial charge in [0.1, 0.15) is 5.60 Å². The van der Waals surface area contributed by atoms with E-state index in [9.17, 15) is 4.79 Å². The normalized spacial score (nSPS) is 11.2. The molecule has 0 spiro atoms. The van der Waals surface area contributed by atoms with Crippen LogP contribution in [0, 0.1) is 0 Å². The molecule has 0 aliphatic carbocycles. The number of amides is 1. The molecule has 0 fully saturated rings. The van der Waals surface area contributed by atoms with Crippen molar-refractivity contribution in [2.75, 3.05) is 18.8 Å². The highest BCUT2D eigenvalue weighted by Gasteiger charge is 2.20. The van der Waals surface area contributed by atoms with Crippen LogP contribution < -0.4 is 5.73 Å². The third-order valence-corrected chi connectivity index (χ3v) is 2.68. The van der Waals surface area contributed by atoms with Gasteiger partial charge in [-0.1, -0.05) is 12.1 Å². The van der Waals surface area contributed by atoms with Crippen molar-refractivity contribution in [1.82, 2.24) is 4.90 Å². The number of nitrogens with zero attached hydrogens (tertiary/aromatic N) is 1. The number of benzene rings is 1. The smallest absolute Gasteiger partial charge is 0.410 e. The van der Waals surface area contributed by atoms with E-state index in [2.05, 4.69) is 0 Å². The molecular formula is C15H24N2O2. The van der Waals surface area contributed by atoms with Crippen LogP contribution in [0.1, 0.15) is 33.3 Å². The zero-order chi connectivity index (χ0) is 14.5. The predicted molar refractivity (Wildman–Crippen MR) is 78.0 cm³/mol. The molecule has 2 N–H and O–H groups in total. The average Bonchev–Trinajstić information content (AvgIpc) is 2.30. The van der Waals surface area contributed by atoms with Crippen molar-refractivity contribution in [3.8, 4) is 0 Å². The lowest BCUT2D eigenvalue weighted by atomic mass is 10.1. The fraction of sp³-hybridized carbons (Fsp3) is 0.533. The van der Waals surface area contributed by atoms with Crippen molar-refractivity contribution in [3.05, 3.63) is 29.8 Å². The summed E-state index contributed by atoms with van der Waals surface area (Å²) in [7, 11) is 0. The lowest BCUT2D eigenvalue weighted by Gasteiger charge is -2.26. The van der Waals surface area contributed by atoms with Crippen LogP contribution in [0.25, 0.3) is 0 Å². The summed E-state index contributed by atoms with van der Waals surface area (Å²) in [5.74, 6) is 0. The van der Waals surface area contributed by atoms with E-state index in [1.54, 1.807) is 4.90 Å². The Bertz CT molecular complexity index is 407. The molecule has 4 nitrogen and oxygen atoms in total. The Hall–Kier alpha value is -1.71. The number of likely N-dealkylation sites (N-methyl/N-ethyl adjacent to an activating group) is 1. The van der Waals surface area contributed by atoms with E-state index >= 15 is 0 Å². The van der Waals surface area contributed by atoms with Crippen LogP contribution >= 0.6 is 0 Å². The fourth-order valence-corrected chi connectivity index (χ4v) is 1.65. The van der Waals surface area contributed by atoms with E-state index in [-0.39, 0.29) is 6.09 Å². The molecule has 0 heterocycles. The highest BCUT2D eigenvalue weighted by molar-refractivity contribution is 5.68. The van der Waals surface area contributed by atoms with Gasteiger partial charge in [0.25, 0.3) is 0 Å². The van der Waals surface area contributed by atoms with Crippen LogP contribution in [0.3, 0.4) is 0 Å².